The quantitative estimate of drug-likeness (QED) is 0.281. The number of aromatic nitrogens is 2. The summed E-state index contributed by atoms with van der Waals surface area (Å²) in [6, 6.07) is 22.5. The molecule has 0 bridgehead atoms. The molecule has 7 heteroatoms. The number of amides is 1. The van der Waals surface area contributed by atoms with Gasteiger partial charge in [-0.3, -0.25) is 14.2 Å². The van der Waals surface area contributed by atoms with Gasteiger partial charge in [-0.15, -0.1) is 0 Å². The topological polar surface area (TPSA) is 64.0 Å². The zero-order valence-electron chi connectivity index (χ0n) is 18.4. The van der Waals surface area contributed by atoms with E-state index in [0.717, 1.165) is 11.1 Å². The average molecular weight is 478 g/mol. The van der Waals surface area contributed by atoms with E-state index in [1.54, 1.807) is 22.8 Å². The Hall–Kier alpha value is -3.09. The molecule has 4 aromatic rings. The van der Waals surface area contributed by atoms with Crippen molar-refractivity contribution in [1.29, 1.82) is 0 Å². The SMILES string of the molecule is CC(C)NC(=O)c1ccc2c(=O)n(Cc3ccccc3)c(SCc3cccc(Cl)c3)nc2c1. The molecule has 0 atom stereocenters. The molecule has 1 amide bonds. The second-order valence-electron chi connectivity index (χ2n) is 8.05. The van der Waals surface area contributed by atoms with Crippen LogP contribution < -0.4 is 10.9 Å². The predicted octanol–water partition coefficient (Wildman–Crippen LogP) is 5.53. The zero-order chi connectivity index (χ0) is 23.4. The number of benzene rings is 3. The fourth-order valence-corrected chi connectivity index (χ4v) is 4.63. The number of carbonyl (C=O) groups excluding carboxylic acids is 1. The molecule has 0 saturated heterocycles. The summed E-state index contributed by atoms with van der Waals surface area (Å²) in [5.74, 6) is 0.427. The molecule has 1 aromatic heterocycles. The van der Waals surface area contributed by atoms with Crippen molar-refractivity contribution in [1.82, 2.24) is 14.9 Å². The first-order valence-electron chi connectivity index (χ1n) is 10.7. The maximum Gasteiger partial charge on any atom is 0.262 e. The zero-order valence-corrected chi connectivity index (χ0v) is 20.0. The van der Waals surface area contributed by atoms with Gasteiger partial charge in [0.1, 0.15) is 0 Å². The first-order valence-corrected chi connectivity index (χ1v) is 12.0. The van der Waals surface area contributed by atoms with Crippen LogP contribution in [-0.4, -0.2) is 21.5 Å². The van der Waals surface area contributed by atoms with Crippen LogP contribution in [-0.2, 0) is 12.3 Å². The van der Waals surface area contributed by atoms with Crippen LogP contribution in [0.15, 0.2) is 82.7 Å². The number of hydrogen-bond acceptors (Lipinski definition) is 4. The maximum atomic E-state index is 13.5. The highest BCUT2D eigenvalue weighted by atomic mass is 35.5. The average Bonchev–Trinajstić information content (AvgIpc) is 2.80. The van der Waals surface area contributed by atoms with Gasteiger partial charge in [0.15, 0.2) is 5.16 Å². The van der Waals surface area contributed by atoms with Crippen molar-refractivity contribution in [2.75, 3.05) is 0 Å². The molecule has 1 heterocycles. The Balaban J connectivity index is 1.76. The lowest BCUT2D eigenvalue weighted by Crippen LogP contribution is -2.30. The van der Waals surface area contributed by atoms with Crippen LogP contribution in [0.2, 0.25) is 5.02 Å². The third kappa shape index (κ3) is 5.64. The number of nitrogens with one attached hydrogen (secondary N) is 1. The van der Waals surface area contributed by atoms with Crippen molar-refractivity contribution in [2.24, 2.45) is 0 Å². The Morgan fingerprint density at radius 2 is 1.79 bits per heavy atom. The van der Waals surface area contributed by atoms with Crippen LogP contribution in [0, 0.1) is 0 Å². The van der Waals surface area contributed by atoms with Gasteiger partial charge in [-0.2, -0.15) is 0 Å². The minimum Gasteiger partial charge on any atom is -0.350 e. The van der Waals surface area contributed by atoms with E-state index in [1.165, 1.54) is 11.8 Å². The van der Waals surface area contributed by atoms with Gasteiger partial charge in [-0.25, -0.2) is 4.98 Å². The van der Waals surface area contributed by atoms with E-state index in [0.29, 0.717) is 38.9 Å². The minimum absolute atomic E-state index is 0.0174. The van der Waals surface area contributed by atoms with Crippen molar-refractivity contribution < 1.29 is 4.79 Å². The molecule has 0 unspecified atom stereocenters. The summed E-state index contributed by atoms with van der Waals surface area (Å²) in [4.78, 5) is 30.8. The van der Waals surface area contributed by atoms with Crippen LogP contribution in [0.1, 0.15) is 35.3 Å². The molecule has 0 radical (unpaired) electrons. The van der Waals surface area contributed by atoms with E-state index in [9.17, 15) is 9.59 Å². The van der Waals surface area contributed by atoms with Gasteiger partial charge in [0, 0.05) is 22.4 Å². The maximum absolute atomic E-state index is 13.5. The molecule has 0 spiro atoms. The molecule has 1 N–H and O–H groups in total. The number of hydrogen-bond donors (Lipinski definition) is 1. The summed E-state index contributed by atoms with van der Waals surface area (Å²) < 4.78 is 1.70. The number of fused-ring (bicyclic) bond motifs is 1. The Bertz CT molecular complexity index is 1350. The highest BCUT2D eigenvalue weighted by Gasteiger charge is 2.15. The normalized spacial score (nSPS) is 11.2. The van der Waals surface area contributed by atoms with Gasteiger partial charge in [0.05, 0.1) is 17.4 Å². The molecule has 0 saturated carbocycles. The number of rotatable bonds is 7. The van der Waals surface area contributed by atoms with E-state index in [4.69, 9.17) is 16.6 Å². The molecule has 5 nitrogen and oxygen atoms in total. The number of halogens is 1. The fourth-order valence-electron chi connectivity index (χ4n) is 3.48. The van der Waals surface area contributed by atoms with Gasteiger partial charge < -0.3 is 5.32 Å². The van der Waals surface area contributed by atoms with Gasteiger partial charge in [-0.05, 0) is 55.3 Å². The standard InChI is InChI=1S/C26H24ClN3O2S/c1-17(2)28-24(31)20-11-12-22-23(14-20)29-26(33-16-19-9-6-10-21(27)13-19)30(25(22)32)15-18-7-4-3-5-8-18/h3-14,17H,15-16H2,1-2H3,(H,28,31). The molecule has 0 aliphatic heterocycles. The molecule has 0 aliphatic carbocycles. The van der Waals surface area contributed by atoms with Crippen LogP contribution >= 0.6 is 23.4 Å². The second kappa shape index (κ2) is 10.2. The van der Waals surface area contributed by atoms with Crippen LogP contribution in [0.4, 0.5) is 0 Å². The monoisotopic (exact) mass is 477 g/mol. The molecule has 168 valence electrons. The van der Waals surface area contributed by atoms with E-state index in [1.807, 2.05) is 68.4 Å². The van der Waals surface area contributed by atoms with Crippen molar-refractivity contribution in [2.45, 2.75) is 37.3 Å². The first kappa shape index (κ1) is 23.1. The van der Waals surface area contributed by atoms with Gasteiger partial charge in [0.25, 0.3) is 11.5 Å². The molecule has 4 rings (SSSR count). The Morgan fingerprint density at radius 1 is 1.03 bits per heavy atom. The first-order chi connectivity index (χ1) is 15.9. The molecule has 3 aromatic carbocycles. The summed E-state index contributed by atoms with van der Waals surface area (Å²) in [7, 11) is 0. The van der Waals surface area contributed by atoms with Crippen molar-refractivity contribution in [3.8, 4) is 0 Å². The Labute approximate surface area is 201 Å². The minimum atomic E-state index is -0.185. The van der Waals surface area contributed by atoms with E-state index < -0.39 is 0 Å². The van der Waals surface area contributed by atoms with Crippen molar-refractivity contribution >= 4 is 40.2 Å². The van der Waals surface area contributed by atoms with Gasteiger partial charge >= 0.3 is 0 Å². The summed E-state index contributed by atoms with van der Waals surface area (Å²) >= 11 is 7.61. The van der Waals surface area contributed by atoms with Crippen molar-refractivity contribution in [3.63, 3.8) is 0 Å². The third-order valence-electron chi connectivity index (χ3n) is 5.04. The lowest BCUT2D eigenvalue weighted by Gasteiger charge is -2.14. The Kier molecular flexibility index (Phi) is 7.16. The number of nitrogens with zero attached hydrogens (tertiary/aromatic N) is 2. The molecule has 0 aliphatic rings. The lowest BCUT2D eigenvalue weighted by molar-refractivity contribution is 0.0943. The number of thioether (sulfide) groups is 1. The van der Waals surface area contributed by atoms with Crippen LogP contribution in [0.25, 0.3) is 10.9 Å². The van der Waals surface area contributed by atoms with Crippen molar-refractivity contribution in [3.05, 3.63) is 105 Å². The molecular weight excluding hydrogens is 454 g/mol. The van der Waals surface area contributed by atoms with E-state index in [2.05, 4.69) is 5.32 Å². The van der Waals surface area contributed by atoms with Crippen LogP contribution in [0.3, 0.4) is 0 Å². The number of carbonyl (C=O) groups is 1. The van der Waals surface area contributed by atoms with Crippen LogP contribution in [0.5, 0.6) is 0 Å². The summed E-state index contributed by atoms with van der Waals surface area (Å²) in [6.07, 6.45) is 0. The highest BCUT2D eigenvalue weighted by Crippen LogP contribution is 2.24. The predicted molar refractivity (Wildman–Crippen MR) is 135 cm³/mol. The van der Waals surface area contributed by atoms with Gasteiger partial charge in [-0.1, -0.05) is 65.8 Å². The second-order valence-corrected chi connectivity index (χ2v) is 9.43. The Morgan fingerprint density at radius 3 is 2.52 bits per heavy atom. The highest BCUT2D eigenvalue weighted by molar-refractivity contribution is 7.98. The van der Waals surface area contributed by atoms with E-state index in [-0.39, 0.29) is 17.5 Å². The van der Waals surface area contributed by atoms with E-state index >= 15 is 0 Å². The smallest absolute Gasteiger partial charge is 0.262 e. The molecule has 33 heavy (non-hydrogen) atoms. The summed E-state index contributed by atoms with van der Waals surface area (Å²) in [5, 5.41) is 4.63. The molecular formula is C26H24ClN3O2S. The largest absolute Gasteiger partial charge is 0.350 e. The molecule has 0 fully saturated rings. The summed E-state index contributed by atoms with van der Waals surface area (Å²) in [6.45, 7) is 4.23. The van der Waals surface area contributed by atoms with Gasteiger partial charge in [0.2, 0.25) is 0 Å². The summed E-state index contributed by atoms with van der Waals surface area (Å²) in [5.41, 5.74) is 2.91. The lowest BCUT2D eigenvalue weighted by atomic mass is 10.1. The fraction of sp³-hybridized carbons (Fsp3) is 0.192. The third-order valence-corrected chi connectivity index (χ3v) is 6.33.